The van der Waals surface area contributed by atoms with E-state index in [1.165, 1.54) is 7.11 Å². The van der Waals surface area contributed by atoms with Gasteiger partial charge < -0.3 is 10.1 Å². The highest BCUT2D eigenvalue weighted by Gasteiger charge is 2.10. The number of ether oxygens (including phenoxy) is 1. The second-order valence-corrected chi connectivity index (χ2v) is 2.54. The highest BCUT2D eigenvalue weighted by molar-refractivity contribution is 5.80. The minimum Gasteiger partial charge on any atom is -0.372 e. The Kier molecular flexibility index (Phi) is 9.93. The van der Waals surface area contributed by atoms with Crippen molar-refractivity contribution in [3.05, 3.63) is 0 Å². The number of hydrogen-bond acceptors (Lipinski definition) is 2. The van der Waals surface area contributed by atoms with Crippen molar-refractivity contribution in [1.29, 1.82) is 0 Å². The van der Waals surface area contributed by atoms with E-state index in [2.05, 4.69) is 5.32 Å². The SMILES string of the molecule is CC.COC(C)C(=O)NC(C)C. The van der Waals surface area contributed by atoms with Gasteiger partial charge in [-0.2, -0.15) is 0 Å². The highest BCUT2D eigenvalue weighted by atomic mass is 16.5. The molecule has 0 rings (SSSR count). The fourth-order valence-corrected chi connectivity index (χ4v) is 0.509. The molecule has 1 N–H and O–H groups in total. The predicted octanol–water partition coefficient (Wildman–Crippen LogP) is 1.57. The minimum atomic E-state index is -0.345. The summed E-state index contributed by atoms with van der Waals surface area (Å²) >= 11 is 0. The van der Waals surface area contributed by atoms with Crippen molar-refractivity contribution in [2.45, 2.75) is 46.8 Å². The van der Waals surface area contributed by atoms with Gasteiger partial charge in [0.05, 0.1) is 0 Å². The zero-order chi connectivity index (χ0) is 10.1. The lowest BCUT2D eigenvalue weighted by Crippen LogP contribution is -2.38. The third kappa shape index (κ3) is 7.54. The molecule has 0 aromatic heterocycles. The van der Waals surface area contributed by atoms with Gasteiger partial charge in [-0.3, -0.25) is 4.79 Å². The zero-order valence-electron chi connectivity index (χ0n) is 8.97. The van der Waals surface area contributed by atoms with Gasteiger partial charge in [0.25, 0.3) is 0 Å². The Morgan fingerprint density at radius 3 is 1.92 bits per heavy atom. The number of amides is 1. The summed E-state index contributed by atoms with van der Waals surface area (Å²) in [5.41, 5.74) is 0. The molecule has 0 aliphatic rings. The van der Waals surface area contributed by atoms with Crippen molar-refractivity contribution in [1.82, 2.24) is 5.32 Å². The van der Waals surface area contributed by atoms with Crippen LogP contribution in [0.1, 0.15) is 34.6 Å². The smallest absolute Gasteiger partial charge is 0.249 e. The minimum absolute atomic E-state index is 0.0579. The molecule has 1 unspecified atom stereocenters. The number of carbonyl (C=O) groups excluding carboxylic acids is 1. The monoisotopic (exact) mass is 175 g/mol. The molecule has 3 heteroatoms. The summed E-state index contributed by atoms with van der Waals surface area (Å²) in [4.78, 5) is 10.9. The van der Waals surface area contributed by atoms with Crippen molar-refractivity contribution >= 4 is 5.91 Å². The summed E-state index contributed by atoms with van der Waals surface area (Å²) in [6, 6.07) is 0.185. The normalized spacial score (nSPS) is 11.6. The van der Waals surface area contributed by atoms with E-state index < -0.39 is 0 Å². The number of carbonyl (C=O) groups is 1. The van der Waals surface area contributed by atoms with Crippen molar-refractivity contribution in [3.8, 4) is 0 Å². The molecule has 1 atom stereocenters. The number of methoxy groups -OCH3 is 1. The van der Waals surface area contributed by atoms with E-state index in [9.17, 15) is 4.79 Å². The Morgan fingerprint density at radius 2 is 1.67 bits per heavy atom. The quantitative estimate of drug-likeness (QED) is 0.707. The Morgan fingerprint density at radius 1 is 1.25 bits per heavy atom. The third-order valence-corrected chi connectivity index (χ3v) is 1.15. The number of nitrogens with one attached hydrogen (secondary N) is 1. The lowest BCUT2D eigenvalue weighted by atomic mass is 10.3. The molecular weight excluding hydrogens is 154 g/mol. The summed E-state index contributed by atoms with van der Waals surface area (Å²) < 4.78 is 4.80. The van der Waals surface area contributed by atoms with Crippen LogP contribution in [0.2, 0.25) is 0 Å². The van der Waals surface area contributed by atoms with Gasteiger partial charge in [0.15, 0.2) is 0 Å². The fourth-order valence-electron chi connectivity index (χ4n) is 0.509. The van der Waals surface area contributed by atoms with Crippen molar-refractivity contribution in [2.24, 2.45) is 0 Å². The maximum Gasteiger partial charge on any atom is 0.249 e. The van der Waals surface area contributed by atoms with E-state index in [4.69, 9.17) is 4.74 Å². The zero-order valence-corrected chi connectivity index (χ0v) is 8.97. The number of rotatable bonds is 3. The first-order chi connectivity index (χ1) is 5.57. The van der Waals surface area contributed by atoms with Gasteiger partial charge in [0.1, 0.15) is 6.10 Å². The van der Waals surface area contributed by atoms with Gasteiger partial charge >= 0.3 is 0 Å². The van der Waals surface area contributed by atoms with Crippen LogP contribution < -0.4 is 5.32 Å². The first kappa shape index (κ1) is 14.0. The average Bonchev–Trinajstić information content (AvgIpc) is 2.05. The predicted molar refractivity (Wildman–Crippen MR) is 51.1 cm³/mol. The molecule has 3 nitrogen and oxygen atoms in total. The second-order valence-electron chi connectivity index (χ2n) is 2.54. The van der Waals surface area contributed by atoms with Crippen LogP contribution in [-0.4, -0.2) is 25.2 Å². The molecule has 0 fully saturated rings. The molecule has 12 heavy (non-hydrogen) atoms. The van der Waals surface area contributed by atoms with Crippen LogP contribution in [0.3, 0.4) is 0 Å². The van der Waals surface area contributed by atoms with Crippen LogP contribution in [0.15, 0.2) is 0 Å². The first-order valence-corrected chi connectivity index (χ1v) is 4.41. The van der Waals surface area contributed by atoms with Crippen LogP contribution in [0.5, 0.6) is 0 Å². The Hall–Kier alpha value is -0.570. The molecule has 0 saturated carbocycles. The van der Waals surface area contributed by atoms with Crippen LogP contribution in [0.4, 0.5) is 0 Å². The fraction of sp³-hybridized carbons (Fsp3) is 0.889. The molecule has 1 amide bonds. The molecule has 0 aromatic rings. The first-order valence-electron chi connectivity index (χ1n) is 4.41. The van der Waals surface area contributed by atoms with E-state index >= 15 is 0 Å². The van der Waals surface area contributed by atoms with Gasteiger partial charge in [0, 0.05) is 13.2 Å². The van der Waals surface area contributed by atoms with E-state index in [0.29, 0.717) is 0 Å². The van der Waals surface area contributed by atoms with Crippen molar-refractivity contribution in [3.63, 3.8) is 0 Å². The van der Waals surface area contributed by atoms with Gasteiger partial charge in [-0.15, -0.1) is 0 Å². The topological polar surface area (TPSA) is 38.3 Å². The van der Waals surface area contributed by atoms with Crippen LogP contribution in [0.25, 0.3) is 0 Å². The number of hydrogen-bond donors (Lipinski definition) is 1. The molecule has 0 radical (unpaired) electrons. The molecule has 0 bridgehead atoms. The third-order valence-electron chi connectivity index (χ3n) is 1.15. The molecule has 0 aromatic carbocycles. The lowest BCUT2D eigenvalue weighted by molar-refractivity contribution is -0.130. The molecule has 0 aliphatic carbocycles. The van der Waals surface area contributed by atoms with Crippen LogP contribution in [0, 0.1) is 0 Å². The molecule has 0 aliphatic heterocycles. The van der Waals surface area contributed by atoms with Crippen LogP contribution >= 0.6 is 0 Å². The van der Waals surface area contributed by atoms with Crippen LogP contribution in [-0.2, 0) is 9.53 Å². The van der Waals surface area contributed by atoms with Gasteiger partial charge in [-0.25, -0.2) is 0 Å². The van der Waals surface area contributed by atoms with Gasteiger partial charge in [-0.1, -0.05) is 13.8 Å². The summed E-state index contributed by atoms with van der Waals surface area (Å²) in [7, 11) is 1.52. The molecule has 74 valence electrons. The van der Waals surface area contributed by atoms with Gasteiger partial charge in [0.2, 0.25) is 5.91 Å². The second kappa shape index (κ2) is 8.53. The molecule has 0 heterocycles. The summed E-state index contributed by atoms with van der Waals surface area (Å²) in [5, 5.41) is 2.73. The molecule has 0 saturated heterocycles. The lowest BCUT2D eigenvalue weighted by Gasteiger charge is -2.12. The summed E-state index contributed by atoms with van der Waals surface area (Å²) in [6.07, 6.45) is -0.345. The average molecular weight is 175 g/mol. The largest absolute Gasteiger partial charge is 0.372 e. The Balaban J connectivity index is 0. The molecule has 0 spiro atoms. The maximum absolute atomic E-state index is 10.9. The highest BCUT2D eigenvalue weighted by Crippen LogP contribution is 1.88. The Labute approximate surface area is 75.5 Å². The molecular formula is C9H21NO2. The summed E-state index contributed by atoms with van der Waals surface area (Å²) in [6.45, 7) is 9.55. The van der Waals surface area contributed by atoms with E-state index in [-0.39, 0.29) is 18.1 Å². The van der Waals surface area contributed by atoms with E-state index in [1.54, 1.807) is 6.92 Å². The van der Waals surface area contributed by atoms with E-state index in [1.807, 2.05) is 27.7 Å². The summed E-state index contributed by atoms with van der Waals surface area (Å²) in [5.74, 6) is -0.0579. The van der Waals surface area contributed by atoms with Gasteiger partial charge in [-0.05, 0) is 20.8 Å². The Bertz CT molecular complexity index is 113. The van der Waals surface area contributed by atoms with Crippen molar-refractivity contribution < 1.29 is 9.53 Å². The van der Waals surface area contributed by atoms with Crippen molar-refractivity contribution in [2.75, 3.05) is 7.11 Å². The van der Waals surface area contributed by atoms with E-state index in [0.717, 1.165) is 0 Å². The maximum atomic E-state index is 10.9. The standard InChI is InChI=1S/C7H15NO2.C2H6/c1-5(2)8-7(9)6(3)10-4;1-2/h5-6H,1-4H3,(H,8,9);1-2H3.